The lowest BCUT2D eigenvalue weighted by atomic mass is 10.1. The summed E-state index contributed by atoms with van der Waals surface area (Å²) >= 11 is 0. The Morgan fingerprint density at radius 2 is 1.21 bits per heavy atom. The van der Waals surface area contributed by atoms with Crippen LogP contribution in [0.15, 0.2) is 9.98 Å². The van der Waals surface area contributed by atoms with E-state index < -0.39 is 36.1 Å². The molecule has 1 aliphatic rings. The van der Waals surface area contributed by atoms with Crippen molar-refractivity contribution >= 4 is 11.9 Å². The van der Waals surface area contributed by atoms with Crippen molar-refractivity contribution < 1.29 is 43.9 Å². The Hall–Kier alpha value is -1.56. The molecule has 0 spiro atoms. The van der Waals surface area contributed by atoms with Crippen LogP contribution in [-0.2, 0) is 0 Å². The second kappa shape index (κ2) is 3.96. The molecule has 1 heterocycles. The summed E-state index contributed by atoms with van der Waals surface area (Å²) < 4.78 is 123. The molecule has 0 radical (unpaired) electrons. The summed E-state index contributed by atoms with van der Waals surface area (Å²) in [6.07, 6.45) is -21.2. The van der Waals surface area contributed by atoms with Crippen LogP contribution < -0.4 is 5.32 Å². The number of rotatable bonds is 0. The Balaban J connectivity index is 3.55. The van der Waals surface area contributed by atoms with Gasteiger partial charge in [-0.25, -0.2) is 4.99 Å². The van der Waals surface area contributed by atoms with E-state index in [1.807, 2.05) is 0 Å². The smallest absolute Gasteiger partial charge is 0.297 e. The highest BCUT2D eigenvalue weighted by molar-refractivity contribution is 6.01. The summed E-state index contributed by atoms with van der Waals surface area (Å²) in [5, 5.41) is 0.564. The van der Waals surface area contributed by atoms with E-state index in [0.717, 1.165) is 0 Å². The van der Waals surface area contributed by atoms with Crippen LogP contribution in [0.2, 0.25) is 0 Å². The van der Waals surface area contributed by atoms with Crippen LogP contribution in [0, 0.1) is 0 Å². The number of alkyl halides is 9. The van der Waals surface area contributed by atoms with E-state index in [-0.39, 0.29) is 0 Å². The normalized spacial score (nSPS) is 20.5. The maximum atomic E-state index is 12.6. The maximum Gasteiger partial charge on any atom is 0.449 e. The fraction of sp³-hybridized carbons (Fsp3) is 0.667. The van der Waals surface area contributed by atoms with Gasteiger partial charge in [0.25, 0.3) is 6.09 Å². The van der Waals surface area contributed by atoms with Crippen LogP contribution >= 0.6 is 0 Å². The number of amidine groups is 2. The average molecular weight is 305 g/mol. The molecule has 110 valence electrons. The molecular weight excluding hydrogens is 304 g/mol. The molecule has 0 aliphatic carbocycles. The molecule has 3 nitrogen and oxygen atoms in total. The first-order valence-electron chi connectivity index (χ1n) is 4.03. The third-order valence-corrected chi connectivity index (χ3v) is 1.81. The van der Waals surface area contributed by atoms with Gasteiger partial charge in [-0.2, -0.15) is 48.9 Å². The molecule has 0 atom stereocenters. The molecule has 1 N–H and O–H groups in total. The molecule has 0 saturated carbocycles. The first-order chi connectivity index (χ1) is 8.21. The summed E-state index contributed by atoms with van der Waals surface area (Å²) in [5.74, 6) is -2.78. The Labute approximate surface area is 96.6 Å². The Morgan fingerprint density at radius 3 is 1.53 bits per heavy atom. The molecule has 0 fully saturated rings. The molecule has 0 saturated heterocycles. The van der Waals surface area contributed by atoms with E-state index in [4.69, 9.17) is 0 Å². The highest BCUT2D eigenvalue weighted by Crippen LogP contribution is 2.48. The lowest BCUT2D eigenvalue weighted by molar-refractivity contribution is -0.293. The van der Waals surface area contributed by atoms with E-state index in [1.54, 1.807) is 0 Å². The standard InChI is InChI=1S/C6HF10N3/c7-2-17-1(3(8,9)10)18-4(19-2,5(11,12)13)6(14,15)16/h(H,17,18,19). The van der Waals surface area contributed by atoms with Crippen molar-refractivity contribution in [3.8, 4) is 0 Å². The fourth-order valence-electron chi connectivity index (χ4n) is 1.03. The minimum Gasteiger partial charge on any atom is -0.297 e. The van der Waals surface area contributed by atoms with Gasteiger partial charge < -0.3 is 0 Å². The van der Waals surface area contributed by atoms with Gasteiger partial charge in [0.1, 0.15) is 0 Å². The van der Waals surface area contributed by atoms with Crippen LogP contribution in [0.4, 0.5) is 43.9 Å². The van der Waals surface area contributed by atoms with E-state index in [0.29, 0.717) is 5.32 Å². The monoisotopic (exact) mass is 305 g/mol. The van der Waals surface area contributed by atoms with Crippen molar-refractivity contribution in [3.63, 3.8) is 0 Å². The van der Waals surface area contributed by atoms with Crippen LogP contribution in [-0.4, -0.2) is 36.1 Å². The first-order valence-corrected chi connectivity index (χ1v) is 4.03. The predicted octanol–water partition coefficient (Wildman–Crippen LogP) is 2.70. The molecule has 13 heteroatoms. The van der Waals surface area contributed by atoms with Crippen molar-refractivity contribution in [2.24, 2.45) is 9.98 Å². The zero-order valence-corrected chi connectivity index (χ0v) is 8.17. The van der Waals surface area contributed by atoms with Crippen LogP contribution in [0.25, 0.3) is 0 Å². The number of hydrogen-bond acceptors (Lipinski definition) is 3. The number of nitrogens with one attached hydrogen (secondary N) is 1. The largest absolute Gasteiger partial charge is 0.449 e. The van der Waals surface area contributed by atoms with Gasteiger partial charge in [0, 0.05) is 0 Å². The third-order valence-electron chi connectivity index (χ3n) is 1.81. The first kappa shape index (κ1) is 15.5. The molecule has 0 aromatic rings. The van der Waals surface area contributed by atoms with Gasteiger partial charge in [-0.1, -0.05) is 0 Å². The molecule has 0 unspecified atom stereocenters. The molecule has 1 rings (SSSR count). The van der Waals surface area contributed by atoms with Gasteiger partial charge in [0.05, 0.1) is 0 Å². The second-order valence-electron chi connectivity index (χ2n) is 3.15. The Kier molecular flexibility index (Phi) is 3.23. The van der Waals surface area contributed by atoms with E-state index in [1.165, 1.54) is 9.98 Å². The molecule has 0 amide bonds. The number of aliphatic imine (C=N–C) groups is 2. The lowest BCUT2D eigenvalue weighted by Crippen LogP contribution is -2.60. The zero-order chi connectivity index (χ0) is 15.3. The van der Waals surface area contributed by atoms with Crippen molar-refractivity contribution in [1.82, 2.24) is 5.32 Å². The van der Waals surface area contributed by atoms with Crippen molar-refractivity contribution in [3.05, 3.63) is 0 Å². The number of hydrogen-bond donors (Lipinski definition) is 1. The van der Waals surface area contributed by atoms with Gasteiger partial charge in [0.2, 0.25) is 5.84 Å². The Bertz CT molecular complexity index is 410. The van der Waals surface area contributed by atoms with Crippen molar-refractivity contribution in [2.45, 2.75) is 24.2 Å². The van der Waals surface area contributed by atoms with Crippen LogP contribution in [0.1, 0.15) is 0 Å². The van der Waals surface area contributed by atoms with E-state index in [9.17, 15) is 43.9 Å². The molecule has 0 aromatic heterocycles. The molecule has 19 heavy (non-hydrogen) atoms. The van der Waals surface area contributed by atoms with Crippen LogP contribution in [0.3, 0.4) is 0 Å². The van der Waals surface area contributed by atoms with Crippen LogP contribution in [0.5, 0.6) is 0 Å². The van der Waals surface area contributed by atoms with Crippen molar-refractivity contribution in [2.75, 3.05) is 0 Å². The summed E-state index contributed by atoms with van der Waals surface area (Å²) in [4.78, 5) is 3.00. The number of halogens is 10. The number of nitrogens with zero attached hydrogens (tertiary/aromatic N) is 2. The summed E-state index contributed by atoms with van der Waals surface area (Å²) in [5.41, 5.74) is -5.53. The molecule has 0 aromatic carbocycles. The SMILES string of the molecule is FC1=NC(C(F)(F)F)(C(F)(F)F)N=C(C(F)(F)F)N1. The van der Waals surface area contributed by atoms with Crippen molar-refractivity contribution in [1.29, 1.82) is 0 Å². The van der Waals surface area contributed by atoms with Gasteiger partial charge in [-0.3, -0.25) is 5.32 Å². The molecule has 0 bridgehead atoms. The summed E-state index contributed by atoms with van der Waals surface area (Å²) in [6, 6.07) is 0. The molecule has 1 aliphatic heterocycles. The average Bonchev–Trinajstić information content (AvgIpc) is 2.11. The quantitative estimate of drug-likeness (QED) is 0.542. The highest BCUT2D eigenvalue weighted by atomic mass is 19.4. The predicted molar refractivity (Wildman–Crippen MR) is 40.0 cm³/mol. The summed E-state index contributed by atoms with van der Waals surface area (Å²) in [7, 11) is 0. The van der Waals surface area contributed by atoms with Gasteiger partial charge in [-0.15, -0.1) is 0 Å². The Morgan fingerprint density at radius 1 is 0.789 bits per heavy atom. The van der Waals surface area contributed by atoms with Gasteiger partial charge in [-0.05, 0) is 0 Å². The lowest BCUT2D eigenvalue weighted by Gasteiger charge is -2.33. The summed E-state index contributed by atoms with van der Waals surface area (Å²) in [6.45, 7) is 0. The van der Waals surface area contributed by atoms with Gasteiger partial charge >= 0.3 is 24.2 Å². The minimum absolute atomic E-state index is 0.564. The fourth-order valence-corrected chi connectivity index (χ4v) is 1.03. The topological polar surface area (TPSA) is 36.8 Å². The third kappa shape index (κ3) is 2.58. The van der Waals surface area contributed by atoms with Gasteiger partial charge in [0.15, 0.2) is 0 Å². The maximum absolute atomic E-state index is 12.6. The highest BCUT2D eigenvalue weighted by Gasteiger charge is 2.74. The molecular formula is C6HF10N3. The van der Waals surface area contributed by atoms with E-state index in [2.05, 4.69) is 0 Å². The minimum atomic E-state index is -6.40. The second-order valence-corrected chi connectivity index (χ2v) is 3.15. The zero-order valence-electron chi connectivity index (χ0n) is 8.17. The van der Waals surface area contributed by atoms with E-state index >= 15 is 0 Å².